The molecular formula is C18H21ClN2O3. The average molecular weight is 349 g/mol. The second-order valence-corrected chi connectivity index (χ2v) is 6.22. The lowest BCUT2D eigenvalue weighted by Gasteiger charge is -2.22. The molecule has 1 fully saturated rings. The molecule has 0 radical (unpaired) electrons. The third-order valence-corrected chi connectivity index (χ3v) is 4.55. The Morgan fingerprint density at radius 1 is 1.46 bits per heavy atom. The van der Waals surface area contributed by atoms with E-state index < -0.39 is 0 Å². The van der Waals surface area contributed by atoms with Crippen LogP contribution in [0.2, 0.25) is 5.02 Å². The molecule has 1 atom stereocenters. The number of benzene rings is 1. The van der Waals surface area contributed by atoms with Gasteiger partial charge in [-0.1, -0.05) is 29.8 Å². The number of aromatic nitrogens is 1. The summed E-state index contributed by atoms with van der Waals surface area (Å²) in [7, 11) is 0. The summed E-state index contributed by atoms with van der Waals surface area (Å²) in [6.07, 6.45) is 4.13. The summed E-state index contributed by atoms with van der Waals surface area (Å²) in [5.41, 5.74) is 0.998. The van der Waals surface area contributed by atoms with Gasteiger partial charge >= 0.3 is 0 Å². The predicted molar refractivity (Wildman–Crippen MR) is 90.9 cm³/mol. The highest BCUT2D eigenvalue weighted by atomic mass is 35.5. The Bertz CT molecular complexity index is 701. The number of halogens is 1. The van der Waals surface area contributed by atoms with Crippen molar-refractivity contribution in [3.63, 3.8) is 0 Å². The van der Waals surface area contributed by atoms with Gasteiger partial charge in [0.25, 0.3) is 0 Å². The second-order valence-electron chi connectivity index (χ2n) is 5.82. The van der Waals surface area contributed by atoms with Gasteiger partial charge in [-0.3, -0.25) is 4.79 Å². The molecule has 2 heterocycles. The molecule has 1 aromatic heterocycles. The Hall–Kier alpha value is -1.85. The molecule has 0 bridgehead atoms. The van der Waals surface area contributed by atoms with Gasteiger partial charge < -0.3 is 14.1 Å². The fraction of sp³-hybridized carbons (Fsp3) is 0.444. The summed E-state index contributed by atoms with van der Waals surface area (Å²) in [6.45, 7) is 3.24. The topological polar surface area (TPSA) is 55.6 Å². The van der Waals surface area contributed by atoms with E-state index in [0.717, 1.165) is 30.7 Å². The lowest BCUT2D eigenvalue weighted by Crippen LogP contribution is -2.33. The van der Waals surface area contributed by atoms with Crippen molar-refractivity contribution < 1.29 is 13.9 Å². The summed E-state index contributed by atoms with van der Waals surface area (Å²) in [5, 5.41) is 0.713. The number of hydrogen-bond donors (Lipinski definition) is 0. The van der Waals surface area contributed by atoms with Crippen molar-refractivity contribution in [3.8, 4) is 0 Å². The molecule has 128 valence electrons. The lowest BCUT2D eigenvalue weighted by atomic mass is 10.1. The molecule has 1 unspecified atom stereocenters. The smallest absolute Gasteiger partial charge is 0.249 e. The zero-order valence-corrected chi connectivity index (χ0v) is 14.5. The summed E-state index contributed by atoms with van der Waals surface area (Å²) in [4.78, 5) is 18.4. The highest BCUT2D eigenvalue weighted by Gasteiger charge is 2.33. The summed E-state index contributed by atoms with van der Waals surface area (Å²) in [6, 6.07) is 7.58. The first-order valence-electron chi connectivity index (χ1n) is 8.24. The SMILES string of the molecule is CCOCC(=O)N1CCCC1c1ncc(Cc2ccccc2Cl)o1. The van der Waals surface area contributed by atoms with Gasteiger partial charge in [-0.2, -0.15) is 0 Å². The fourth-order valence-electron chi connectivity index (χ4n) is 2.98. The molecule has 24 heavy (non-hydrogen) atoms. The Kier molecular flexibility index (Phi) is 5.53. The van der Waals surface area contributed by atoms with Gasteiger partial charge in [-0.05, 0) is 31.4 Å². The molecule has 1 amide bonds. The average Bonchev–Trinajstić information content (AvgIpc) is 3.23. The third-order valence-electron chi connectivity index (χ3n) is 4.18. The van der Waals surface area contributed by atoms with Crippen molar-refractivity contribution in [1.82, 2.24) is 9.88 Å². The van der Waals surface area contributed by atoms with Crippen LogP contribution >= 0.6 is 11.6 Å². The van der Waals surface area contributed by atoms with Gasteiger partial charge in [0.05, 0.1) is 6.20 Å². The Balaban J connectivity index is 1.70. The standard InChI is InChI=1S/C18H21ClN2O3/c1-2-23-12-17(22)21-9-5-8-16(21)18-20-11-14(24-18)10-13-6-3-4-7-15(13)19/h3-4,6-7,11,16H,2,5,8-10,12H2,1H3. The second kappa shape index (κ2) is 7.81. The zero-order valence-electron chi connectivity index (χ0n) is 13.7. The summed E-state index contributed by atoms with van der Waals surface area (Å²) < 4.78 is 11.1. The molecule has 0 spiro atoms. The number of hydrogen-bond acceptors (Lipinski definition) is 4. The van der Waals surface area contributed by atoms with Crippen molar-refractivity contribution in [2.45, 2.75) is 32.2 Å². The van der Waals surface area contributed by atoms with Gasteiger partial charge in [0.1, 0.15) is 18.4 Å². The van der Waals surface area contributed by atoms with Crippen molar-refractivity contribution in [2.75, 3.05) is 19.8 Å². The van der Waals surface area contributed by atoms with E-state index in [-0.39, 0.29) is 18.6 Å². The molecule has 1 aliphatic rings. The Morgan fingerprint density at radius 3 is 3.08 bits per heavy atom. The number of ether oxygens (including phenoxy) is 1. The lowest BCUT2D eigenvalue weighted by molar-refractivity contribution is -0.137. The first-order valence-corrected chi connectivity index (χ1v) is 8.62. The monoisotopic (exact) mass is 348 g/mol. The molecule has 1 saturated heterocycles. The number of nitrogens with zero attached hydrogens (tertiary/aromatic N) is 2. The van der Waals surface area contributed by atoms with E-state index in [1.807, 2.05) is 31.2 Å². The predicted octanol–water partition coefficient (Wildman–Crippen LogP) is 3.62. The van der Waals surface area contributed by atoms with Crippen LogP contribution in [0.15, 0.2) is 34.9 Å². The number of oxazole rings is 1. The van der Waals surface area contributed by atoms with Crippen LogP contribution < -0.4 is 0 Å². The van der Waals surface area contributed by atoms with E-state index in [2.05, 4.69) is 4.98 Å². The van der Waals surface area contributed by atoms with Gasteiger partial charge in [0.2, 0.25) is 11.8 Å². The van der Waals surface area contributed by atoms with Crippen LogP contribution in [0.25, 0.3) is 0 Å². The normalized spacial score (nSPS) is 17.4. The highest BCUT2D eigenvalue weighted by molar-refractivity contribution is 6.31. The molecular weight excluding hydrogens is 328 g/mol. The van der Waals surface area contributed by atoms with Crippen LogP contribution in [-0.2, 0) is 16.0 Å². The van der Waals surface area contributed by atoms with Crippen molar-refractivity contribution in [3.05, 3.63) is 52.7 Å². The Morgan fingerprint density at radius 2 is 2.29 bits per heavy atom. The largest absolute Gasteiger partial charge is 0.443 e. The van der Waals surface area contributed by atoms with E-state index in [1.54, 1.807) is 11.1 Å². The molecule has 6 heteroatoms. The molecule has 0 N–H and O–H groups in total. The summed E-state index contributed by atoms with van der Waals surface area (Å²) in [5.74, 6) is 1.34. The van der Waals surface area contributed by atoms with Crippen molar-refractivity contribution in [1.29, 1.82) is 0 Å². The molecule has 5 nitrogen and oxygen atoms in total. The van der Waals surface area contributed by atoms with E-state index in [1.165, 1.54) is 0 Å². The van der Waals surface area contributed by atoms with Gasteiger partial charge in [0.15, 0.2) is 0 Å². The summed E-state index contributed by atoms with van der Waals surface area (Å²) >= 11 is 6.19. The number of amides is 1. The minimum atomic E-state index is -0.0991. The van der Waals surface area contributed by atoms with Gasteiger partial charge in [-0.15, -0.1) is 0 Å². The van der Waals surface area contributed by atoms with Crippen molar-refractivity contribution >= 4 is 17.5 Å². The highest BCUT2D eigenvalue weighted by Crippen LogP contribution is 2.32. The minimum Gasteiger partial charge on any atom is -0.443 e. The van der Waals surface area contributed by atoms with E-state index in [0.29, 0.717) is 23.9 Å². The molecule has 1 aliphatic heterocycles. The van der Waals surface area contributed by atoms with Crippen LogP contribution in [0, 0.1) is 0 Å². The minimum absolute atomic E-state index is 0.00907. The van der Waals surface area contributed by atoms with Crippen LogP contribution in [0.5, 0.6) is 0 Å². The third kappa shape index (κ3) is 3.79. The quantitative estimate of drug-likeness (QED) is 0.800. The van der Waals surface area contributed by atoms with Crippen LogP contribution in [0.3, 0.4) is 0 Å². The van der Waals surface area contributed by atoms with Gasteiger partial charge in [-0.25, -0.2) is 4.98 Å². The van der Waals surface area contributed by atoms with Crippen LogP contribution in [-0.4, -0.2) is 35.5 Å². The molecule has 0 saturated carbocycles. The van der Waals surface area contributed by atoms with Crippen molar-refractivity contribution in [2.24, 2.45) is 0 Å². The molecule has 3 rings (SSSR count). The molecule has 1 aromatic carbocycles. The number of carbonyl (C=O) groups excluding carboxylic acids is 1. The van der Waals surface area contributed by atoms with E-state index >= 15 is 0 Å². The molecule has 2 aromatic rings. The van der Waals surface area contributed by atoms with Crippen LogP contribution in [0.4, 0.5) is 0 Å². The number of rotatable bonds is 6. The first-order chi connectivity index (χ1) is 11.7. The maximum Gasteiger partial charge on any atom is 0.249 e. The number of carbonyl (C=O) groups is 1. The maximum atomic E-state index is 12.2. The zero-order chi connectivity index (χ0) is 16.9. The fourth-order valence-corrected chi connectivity index (χ4v) is 3.18. The van der Waals surface area contributed by atoms with Crippen LogP contribution in [0.1, 0.15) is 43.0 Å². The number of likely N-dealkylation sites (tertiary alicyclic amines) is 1. The van der Waals surface area contributed by atoms with E-state index in [4.69, 9.17) is 20.8 Å². The molecule has 0 aliphatic carbocycles. The van der Waals surface area contributed by atoms with E-state index in [9.17, 15) is 4.79 Å². The Labute approximate surface area is 146 Å². The first kappa shape index (κ1) is 17.0. The maximum absolute atomic E-state index is 12.2. The van der Waals surface area contributed by atoms with Gasteiger partial charge in [0, 0.05) is 24.6 Å².